The van der Waals surface area contributed by atoms with Crippen LogP contribution in [0.2, 0.25) is 0 Å². The van der Waals surface area contributed by atoms with Gasteiger partial charge in [0, 0.05) is 25.6 Å². The van der Waals surface area contributed by atoms with Crippen LogP contribution in [0.25, 0.3) is 0 Å². The van der Waals surface area contributed by atoms with Gasteiger partial charge in [-0.1, -0.05) is 18.2 Å². The molecular weight excluding hydrogens is 336 g/mol. The molecule has 1 fully saturated rings. The molecule has 2 aromatic rings. The summed E-state index contributed by atoms with van der Waals surface area (Å²) in [4.78, 5) is 27.3. The highest BCUT2D eigenvalue weighted by atomic mass is 32.1. The Hall–Kier alpha value is -2.34. The molecule has 25 heavy (non-hydrogen) atoms. The first-order valence-corrected chi connectivity index (χ1v) is 9.29. The fraction of sp³-hybridized carbons (Fsp3) is 0.368. The Morgan fingerprint density at radius 3 is 2.52 bits per heavy atom. The second-order valence-electron chi connectivity index (χ2n) is 6.11. The fourth-order valence-corrected chi connectivity index (χ4v) is 3.67. The van der Waals surface area contributed by atoms with Crippen molar-refractivity contribution in [1.82, 2.24) is 10.2 Å². The fourth-order valence-electron chi connectivity index (χ4n) is 2.98. The number of amides is 2. The number of carbonyl (C=O) groups is 2. The van der Waals surface area contributed by atoms with E-state index in [0.717, 1.165) is 16.2 Å². The molecule has 6 heteroatoms. The Kier molecular flexibility index (Phi) is 5.71. The van der Waals surface area contributed by atoms with Crippen molar-refractivity contribution in [2.24, 2.45) is 5.92 Å². The Labute approximate surface area is 151 Å². The van der Waals surface area contributed by atoms with Gasteiger partial charge in [-0.3, -0.25) is 9.59 Å². The summed E-state index contributed by atoms with van der Waals surface area (Å²) < 4.78 is 5.13. The molecule has 0 spiro atoms. The van der Waals surface area contributed by atoms with Crippen molar-refractivity contribution in [2.45, 2.75) is 19.4 Å². The Balaban J connectivity index is 1.45. The van der Waals surface area contributed by atoms with Crippen molar-refractivity contribution >= 4 is 23.2 Å². The van der Waals surface area contributed by atoms with E-state index in [0.29, 0.717) is 32.5 Å². The largest absolute Gasteiger partial charge is 0.497 e. The van der Waals surface area contributed by atoms with Crippen molar-refractivity contribution in [3.05, 3.63) is 52.2 Å². The van der Waals surface area contributed by atoms with Crippen molar-refractivity contribution in [1.29, 1.82) is 0 Å². The third-order valence-electron chi connectivity index (χ3n) is 4.51. The van der Waals surface area contributed by atoms with Gasteiger partial charge in [-0.15, -0.1) is 11.3 Å². The summed E-state index contributed by atoms with van der Waals surface area (Å²) in [6.45, 7) is 1.78. The van der Waals surface area contributed by atoms with Crippen LogP contribution in [0.5, 0.6) is 5.75 Å². The van der Waals surface area contributed by atoms with Gasteiger partial charge in [0.1, 0.15) is 5.75 Å². The lowest BCUT2D eigenvalue weighted by atomic mass is 9.95. The minimum atomic E-state index is -0.0226. The number of benzene rings is 1. The molecular formula is C19H22N2O3S. The quantitative estimate of drug-likeness (QED) is 0.894. The van der Waals surface area contributed by atoms with E-state index in [4.69, 9.17) is 4.74 Å². The molecule has 3 rings (SSSR count). The van der Waals surface area contributed by atoms with Gasteiger partial charge in [0.2, 0.25) is 5.91 Å². The maximum absolute atomic E-state index is 12.4. The molecule has 1 N–H and O–H groups in total. The second-order valence-corrected chi connectivity index (χ2v) is 7.06. The van der Waals surface area contributed by atoms with Crippen molar-refractivity contribution < 1.29 is 14.3 Å². The highest BCUT2D eigenvalue weighted by molar-refractivity contribution is 7.12. The summed E-state index contributed by atoms with van der Waals surface area (Å²) in [5, 5.41) is 4.91. The van der Waals surface area contributed by atoms with Crippen molar-refractivity contribution in [2.75, 3.05) is 20.2 Å². The van der Waals surface area contributed by atoms with Crippen LogP contribution in [0, 0.1) is 5.92 Å². The normalized spacial score (nSPS) is 15.0. The highest BCUT2D eigenvalue weighted by Gasteiger charge is 2.27. The zero-order chi connectivity index (χ0) is 17.6. The average molecular weight is 358 g/mol. The number of thiophene rings is 1. The topological polar surface area (TPSA) is 58.6 Å². The van der Waals surface area contributed by atoms with Gasteiger partial charge in [0.25, 0.3) is 5.91 Å². The van der Waals surface area contributed by atoms with Gasteiger partial charge in [-0.2, -0.15) is 0 Å². The summed E-state index contributed by atoms with van der Waals surface area (Å²) >= 11 is 1.46. The van der Waals surface area contributed by atoms with Gasteiger partial charge in [0.15, 0.2) is 0 Å². The number of likely N-dealkylation sites (tertiary alicyclic amines) is 1. The standard InChI is InChI=1S/C19H22N2O3S/c1-24-16-6-4-14(5-7-16)13-20-18(22)15-8-10-21(11-9-15)19(23)17-3-2-12-25-17/h2-7,12,15H,8-11,13H2,1H3,(H,20,22). The molecule has 0 bridgehead atoms. The maximum Gasteiger partial charge on any atom is 0.263 e. The van der Waals surface area contributed by atoms with Gasteiger partial charge in [-0.05, 0) is 42.0 Å². The first kappa shape index (κ1) is 17.5. The van der Waals surface area contributed by atoms with Gasteiger partial charge in [0.05, 0.1) is 12.0 Å². The molecule has 1 saturated heterocycles. The smallest absolute Gasteiger partial charge is 0.263 e. The number of piperidine rings is 1. The molecule has 0 aliphatic carbocycles. The molecule has 1 aromatic heterocycles. The Morgan fingerprint density at radius 1 is 1.20 bits per heavy atom. The molecule has 0 unspecified atom stereocenters. The first-order chi connectivity index (χ1) is 12.2. The zero-order valence-corrected chi connectivity index (χ0v) is 15.1. The number of rotatable bonds is 5. The third kappa shape index (κ3) is 4.39. The lowest BCUT2D eigenvalue weighted by molar-refractivity contribution is -0.126. The number of methoxy groups -OCH3 is 1. The summed E-state index contributed by atoms with van der Waals surface area (Å²) in [6.07, 6.45) is 1.43. The van der Waals surface area contributed by atoms with E-state index in [2.05, 4.69) is 5.32 Å². The molecule has 0 atom stereocenters. The highest BCUT2D eigenvalue weighted by Crippen LogP contribution is 2.21. The van der Waals surface area contributed by atoms with E-state index in [1.54, 1.807) is 7.11 Å². The van der Waals surface area contributed by atoms with E-state index in [1.165, 1.54) is 11.3 Å². The summed E-state index contributed by atoms with van der Waals surface area (Å²) in [6, 6.07) is 11.4. The summed E-state index contributed by atoms with van der Waals surface area (Å²) in [7, 11) is 1.63. The van der Waals surface area contributed by atoms with Gasteiger partial charge >= 0.3 is 0 Å². The molecule has 1 aliphatic rings. The zero-order valence-electron chi connectivity index (χ0n) is 14.2. The van der Waals surface area contributed by atoms with E-state index in [1.807, 2.05) is 46.7 Å². The SMILES string of the molecule is COc1ccc(CNC(=O)C2CCN(C(=O)c3cccs3)CC2)cc1. The predicted molar refractivity (Wildman–Crippen MR) is 97.8 cm³/mol. The average Bonchev–Trinajstić information content (AvgIpc) is 3.21. The van der Waals surface area contributed by atoms with Gasteiger partial charge < -0.3 is 15.0 Å². The van der Waals surface area contributed by atoms with Crippen LogP contribution in [0.3, 0.4) is 0 Å². The molecule has 1 aliphatic heterocycles. The predicted octanol–water partition coefficient (Wildman–Crippen LogP) is 2.93. The molecule has 2 heterocycles. The maximum atomic E-state index is 12.4. The summed E-state index contributed by atoms with van der Waals surface area (Å²) in [5.41, 5.74) is 1.04. The van der Waals surface area contributed by atoms with E-state index < -0.39 is 0 Å². The number of carbonyl (C=O) groups excluding carboxylic acids is 2. The summed E-state index contributed by atoms with van der Waals surface area (Å²) in [5.74, 6) is 0.926. The minimum absolute atomic E-state index is 0.0226. The van der Waals surface area contributed by atoms with Crippen LogP contribution in [-0.4, -0.2) is 36.9 Å². The van der Waals surface area contributed by atoms with E-state index in [-0.39, 0.29) is 17.7 Å². The lowest BCUT2D eigenvalue weighted by Gasteiger charge is -2.31. The van der Waals surface area contributed by atoms with Crippen molar-refractivity contribution in [3.63, 3.8) is 0 Å². The molecule has 2 amide bonds. The van der Waals surface area contributed by atoms with E-state index >= 15 is 0 Å². The number of nitrogens with zero attached hydrogens (tertiary/aromatic N) is 1. The molecule has 132 valence electrons. The van der Waals surface area contributed by atoms with Gasteiger partial charge in [-0.25, -0.2) is 0 Å². The second kappa shape index (κ2) is 8.16. The molecule has 1 aromatic carbocycles. The Bertz CT molecular complexity index is 705. The molecule has 0 saturated carbocycles. The van der Waals surface area contributed by atoms with Crippen molar-refractivity contribution in [3.8, 4) is 5.75 Å². The van der Waals surface area contributed by atoms with Crippen LogP contribution >= 0.6 is 11.3 Å². The van der Waals surface area contributed by atoms with Crippen LogP contribution in [-0.2, 0) is 11.3 Å². The van der Waals surface area contributed by atoms with Crippen LogP contribution < -0.4 is 10.1 Å². The minimum Gasteiger partial charge on any atom is -0.497 e. The monoisotopic (exact) mass is 358 g/mol. The Morgan fingerprint density at radius 2 is 1.92 bits per heavy atom. The van der Waals surface area contributed by atoms with E-state index in [9.17, 15) is 9.59 Å². The van der Waals surface area contributed by atoms with Crippen LogP contribution in [0.1, 0.15) is 28.1 Å². The number of hydrogen-bond donors (Lipinski definition) is 1. The first-order valence-electron chi connectivity index (χ1n) is 8.41. The number of ether oxygens (including phenoxy) is 1. The number of hydrogen-bond acceptors (Lipinski definition) is 4. The molecule has 5 nitrogen and oxygen atoms in total. The third-order valence-corrected chi connectivity index (χ3v) is 5.37. The van der Waals surface area contributed by atoms with Crippen LogP contribution in [0.4, 0.5) is 0 Å². The molecule has 0 radical (unpaired) electrons. The lowest BCUT2D eigenvalue weighted by Crippen LogP contribution is -2.42. The van der Waals surface area contributed by atoms with Crippen LogP contribution in [0.15, 0.2) is 41.8 Å². The number of nitrogens with one attached hydrogen (secondary N) is 1.